The highest BCUT2D eigenvalue weighted by Crippen LogP contribution is 2.32. The molecule has 0 spiro atoms. The summed E-state index contributed by atoms with van der Waals surface area (Å²) in [5, 5.41) is 17.1. The van der Waals surface area contributed by atoms with Crippen molar-refractivity contribution >= 4 is 21.4 Å². The van der Waals surface area contributed by atoms with Crippen LogP contribution in [0.15, 0.2) is 29.6 Å². The van der Waals surface area contributed by atoms with Crippen LogP contribution in [0.25, 0.3) is 10.1 Å². The van der Waals surface area contributed by atoms with E-state index in [1.54, 1.807) is 11.3 Å². The zero-order valence-corrected chi connectivity index (χ0v) is 9.83. The normalized spacial score (nSPS) is 22.7. The SMILES string of the molecule is OC(c1cccc2ccsc12)C1CCCN1. The molecular weight excluding hydrogens is 218 g/mol. The molecule has 2 aromatic rings. The number of nitrogens with one attached hydrogen (secondary N) is 1. The highest BCUT2D eigenvalue weighted by molar-refractivity contribution is 7.17. The van der Waals surface area contributed by atoms with Crippen LogP contribution in [0.3, 0.4) is 0 Å². The summed E-state index contributed by atoms with van der Waals surface area (Å²) in [6.07, 6.45) is 1.87. The number of benzene rings is 1. The summed E-state index contributed by atoms with van der Waals surface area (Å²) in [5.74, 6) is 0. The summed E-state index contributed by atoms with van der Waals surface area (Å²) in [7, 11) is 0. The second-order valence-electron chi connectivity index (χ2n) is 4.33. The average Bonchev–Trinajstić information content (AvgIpc) is 2.98. The van der Waals surface area contributed by atoms with E-state index in [2.05, 4.69) is 22.8 Å². The van der Waals surface area contributed by atoms with Gasteiger partial charge in [-0.3, -0.25) is 0 Å². The molecule has 0 amide bonds. The lowest BCUT2D eigenvalue weighted by molar-refractivity contribution is 0.139. The second kappa shape index (κ2) is 4.17. The number of fused-ring (bicyclic) bond motifs is 1. The molecule has 0 radical (unpaired) electrons. The number of rotatable bonds is 2. The van der Waals surface area contributed by atoms with Gasteiger partial charge in [-0.25, -0.2) is 0 Å². The van der Waals surface area contributed by atoms with Gasteiger partial charge in [0, 0.05) is 10.7 Å². The third kappa shape index (κ3) is 1.65. The number of aliphatic hydroxyl groups excluding tert-OH is 1. The number of hydrogen-bond donors (Lipinski definition) is 2. The number of thiophene rings is 1. The monoisotopic (exact) mass is 233 g/mol. The van der Waals surface area contributed by atoms with Crippen molar-refractivity contribution in [2.45, 2.75) is 25.0 Å². The first kappa shape index (κ1) is 10.3. The first-order chi connectivity index (χ1) is 7.86. The number of aliphatic hydroxyl groups is 1. The molecule has 16 heavy (non-hydrogen) atoms. The van der Waals surface area contributed by atoms with Crippen molar-refractivity contribution in [2.24, 2.45) is 0 Å². The first-order valence-electron chi connectivity index (χ1n) is 5.74. The molecule has 84 valence electrons. The van der Waals surface area contributed by atoms with E-state index in [1.807, 2.05) is 12.1 Å². The minimum atomic E-state index is -0.371. The van der Waals surface area contributed by atoms with Crippen LogP contribution in [0.1, 0.15) is 24.5 Å². The summed E-state index contributed by atoms with van der Waals surface area (Å²) < 4.78 is 1.23. The van der Waals surface area contributed by atoms with Crippen LogP contribution in [-0.4, -0.2) is 17.7 Å². The summed E-state index contributed by atoms with van der Waals surface area (Å²) in [6, 6.07) is 8.52. The predicted molar refractivity (Wildman–Crippen MR) is 67.8 cm³/mol. The van der Waals surface area contributed by atoms with Crippen LogP contribution in [0, 0.1) is 0 Å². The molecule has 1 saturated heterocycles. The second-order valence-corrected chi connectivity index (χ2v) is 5.25. The molecule has 3 heteroatoms. The molecule has 0 bridgehead atoms. The average molecular weight is 233 g/mol. The van der Waals surface area contributed by atoms with Crippen LogP contribution in [-0.2, 0) is 0 Å². The van der Waals surface area contributed by atoms with Gasteiger partial charge >= 0.3 is 0 Å². The van der Waals surface area contributed by atoms with Gasteiger partial charge in [-0.1, -0.05) is 18.2 Å². The Morgan fingerprint density at radius 3 is 3.12 bits per heavy atom. The van der Waals surface area contributed by atoms with Crippen LogP contribution in [0.4, 0.5) is 0 Å². The molecule has 0 saturated carbocycles. The van der Waals surface area contributed by atoms with Crippen molar-refractivity contribution in [2.75, 3.05) is 6.54 Å². The molecule has 1 aliphatic rings. The largest absolute Gasteiger partial charge is 0.387 e. The molecule has 3 rings (SSSR count). The molecule has 2 N–H and O–H groups in total. The van der Waals surface area contributed by atoms with E-state index in [1.165, 1.54) is 16.5 Å². The first-order valence-corrected chi connectivity index (χ1v) is 6.62. The van der Waals surface area contributed by atoms with E-state index >= 15 is 0 Å². The molecule has 1 aromatic heterocycles. The molecule has 1 fully saturated rings. The lowest BCUT2D eigenvalue weighted by atomic mass is 10.00. The molecule has 2 unspecified atom stereocenters. The molecule has 1 aliphatic heterocycles. The molecule has 2 atom stereocenters. The minimum absolute atomic E-state index is 0.229. The summed E-state index contributed by atoms with van der Waals surface area (Å²) in [4.78, 5) is 0. The zero-order chi connectivity index (χ0) is 11.0. The van der Waals surface area contributed by atoms with E-state index in [-0.39, 0.29) is 12.1 Å². The van der Waals surface area contributed by atoms with Crippen molar-refractivity contribution in [3.8, 4) is 0 Å². The Kier molecular flexibility index (Phi) is 2.67. The fourth-order valence-corrected chi connectivity index (χ4v) is 3.39. The van der Waals surface area contributed by atoms with E-state index in [0.717, 1.165) is 18.5 Å². The Balaban J connectivity index is 2.00. The highest BCUT2D eigenvalue weighted by atomic mass is 32.1. The maximum atomic E-state index is 10.4. The van der Waals surface area contributed by atoms with Crippen molar-refractivity contribution in [1.29, 1.82) is 0 Å². The van der Waals surface area contributed by atoms with Crippen LogP contribution < -0.4 is 5.32 Å². The molecule has 2 heterocycles. The van der Waals surface area contributed by atoms with Gasteiger partial charge in [0.25, 0.3) is 0 Å². The van der Waals surface area contributed by atoms with Gasteiger partial charge < -0.3 is 10.4 Å². The summed E-state index contributed by atoms with van der Waals surface area (Å²) in [6.45, 7) is 1.03. The van der Waals surface area contributed by atoms with E-state index < -0.39 is 0 Å². The van der Waals surface area contributed by atoms with Gasteiger partial charge in [-0.2, -0.15) is 0 Å². The minimum Gasteiger partial charge on any atom is -0.387 e. The Morgan fingerprint density at radius 2 is 2.31 bits per heavy atom. The van der Waals surface area contributed by atoms with E-state index in [4.69, 9.17) is 0 Å². The van der Waals surface area contributed by atoms with Crippen molar-refractivity contribution in [3.63, 3.8) is 0 Å². The van der Waals surface area contributed by atoms with Gasteiger partial charge in [-0.05, 0) is 41.8 Å². The van der Waals surface area contributed by atoms with Crippen LogP contribution >= 0.6 is 11.3 Å². The summed E-state index contributed by atoms with van der Waals surface area (Å²) >= 11 is 1.71. The fourth-order valence-electron chi connectivity index (χ4n) is 2.45. The maximum absolute atomic E-state index is 10.4. The Hall–Kier alpha value is -0.900. The predicted octanol–water partition coefficient (Wildman–Crippen LogP) is 2.69. The van der Waals surface area contributed by atoms with Gasteiger partial charge in [-0.15, -0.1) is 11.3 Å². The molecule has 0 aliphatic carbocycles. The standard InChI is InChI=1S/C13H15NOS/c15-12(11-5-2-7-14-11)10-4-1-3-9-6-8-16-13(9)10/h1,3-4,6,8,11-12,14-15H,2,5,7H2. The summed E-state index contributed by atoms with van der Waals surface area (Å²) in [5.41, 5.74) is 1.08. The van der Waals surface area contributed by atoms with Crippen molar-refractivity contribution in [1.82, 2.24) is 5.32 Å². The Morgan fingerprint density at radius 1 is 1.38 bits per heavy atom. The maximum Gasteiger partial charge on any atom is 0.0956 e. The van der Waals surface area contributed by atoms with Crippen LogP contribution in [0.5, 0.6) is 0 Å². The fraction of sp³-hybridized carbons (Fsp3) is 0.385. The quantitative estimate of drug-likeness (QED) is 0.836. The van der Waals surface area contributed by atoms with Crippen molar-refractivity contribution < 1.29 is 5.11 Å². The molecule has 2 nitrogen and oxygen atoms in total. The number of hydrogen-bond acceptors (Lipinski definition) is 3. The lowest BCUT2D eigenvalue weighted by Gasteiger charge is -2.19. The highest BCUT2D eigenvalue weighted by Gasteiger charge is 2.25. The lowest BCUT2D eigenvalue weighted by Crippen LogP contribution is -2.28. The van der Waals surface area contributed by atoms with Gasteiger partial charge in [0.15, 0.2) is 0 Å². The topological polar surface area (TPSA) is 32.3 Å². The van der Waals surface area contributed by atoms with Gasteiger partial charge in [0.1, 0.15) is 0 Å². The third-order valence-corrected chi connectivity index (χ3v) is 4.29. The van der Waals surface area contributed by atoms with Crippen molar-refractivity contribution in [3.05, 3.63) is 35.2 Å². The third-order valence-electron chi connectivity index (χ3n) is 3.31. The van der Waals surface area contributed by atoms with Crippen LogP contribution in [0.2, 0.25) is 0 Å². The smallest absolute Gasteiger partial charge is 0.0956 e. The van der Waals surface area contributed by atoms with Gasteiger partial charge in [0.05, 0.1) is 6.10 Å². The Bertz CT molecular complexity index is 487. The van der Waals surface area contributed by atoms with Gasteiger partial charge in [0.2, 0.25) is 0 Å². The van der Waals surface area contributed by atoms with E-state index in [9.17, 15) is 5.11 Å². The molecular formula is C13H15NOS. The van der Waals surface area contributed by atoms with E-state index in [0.29, 0.717) is 0 Å². The Labute approximate surface area is 98.9 Å². The molecule has 1 aromatic carbocycles. The zero-order valence-electron chi connectivity index (χ0n) is 9.02.